The zero-order valence-corrected chi connectivity index (χ0v) is 13.7. The second kappa shape index (κ2) is 5.72. The number of pyridine rings is 1. The van der Waals surface area contributed by atoms with Gasteiger partial charge in [-0.2, -0.15) is 0 Å². The standard InChI is InChI=1S/C17H21BrN2/c1-11-5-3-6-12(2)16(11)20-15-8-4-7-13-9-14(18)10-19-17(13)15/h4,7-12,16,20H,3,5-6H2,1-2H3. The van der Waals surface area contributed by atoms with Crippen molar-refractivity contribution in [3.63, 3.8) is 0 Å². The van der Waals surface area contributed by atoms with Crippen LogP contribution in [0.5, 0.6) is 0 Å². The lowest BCUT2D eigenvalue weighted by molar-refractivity contribution is 0.268. The molecule has 2 atom stereocenters. The lowest BCUT2D eigenvalue weighted by atomic mass is 9.78. The predicted octanol–water partition coefficient (Wildman–Crippen LogP) is 5.23. The average molecular weight is 333 g/mol. The van der Waals surface area contributed by atoms with Crippen LogP contribution in [0.15, 0.2) is 34.9 Å². The molecule has 3 rings (SSSR count). The summed E-state index contributed by atoms with van der Waals surface area (Å²) in [7, 11) is 0. The molecule has 1 aliphatic carbocycles. The van der Waals surface area contributed by atoms with Crippen LogP contribution in [0.3, 0.4) is 0 Å². The maximum Gasteiger partial charge on any atom is 0.0934 e. The Balaban J connectivity index is 1.94. The van der Waals surface area contributed by atoms with Crippen molar-refractivity contribution in [1.29, 1.82) is 0 Å². The summed E-state index contributed by atoms with van der Waals surface area (Å²) in [5, 5.41) is 4.95. The summed E-state index contributed by atoms with van der Waals surface area (Å²) in [5.74, 6) is 1.45. The molecule has 1 aromatic carbocycles. The molecule has 0 bridgehead atoms. The Morgan fingerprint density at radius 2 is 1.95 bits per heavy atom. The number of halogens is 1. The predicted molar refractivity (Wildman–Crippen MR) is 89.0 cm³/mol. The minimum Gasteiger partial charge on any atom is -0.380 e. The molecule has 2 unspecified atom stereocenters. The molecule has 1 fully saturated rings. The van der Waals surface area contributed by atoms with Crippen molar-refractivity contribution in [3.8, 4) is 0 Å². The van der Waals surface area contributed by atoms with Crippen molar-refractivity contribution >= 4 is 32.5 Å². The van der Waals surface area contributed by atoms with Crippen LogP contribution in [0.2, 0.25) is 0 Å². The van der Waals surface area contributed by atoms with Crippen LogP contribution < -0.4 is 5.32 Å². The van der Waals surface area contributed by atoms with Gasteiger partial charge in [0.15, 0.2) is 0 Å². The van der Waals surface area contributed by atoms with Crippen molar-refractivity contribution in [2.75, 3.05) is 5.32 Å². The van der Waals surface area contributed by atoms with Gasteiger partial charge in [0.25, 0.3) is 0 Å². The van der Waals surface area contributed by atoms with E-state index >= 15 is 0 Å². The first-order valence-electron chi connectivity index (χ1n) is 7.46. The van der Waals surface area contributed by atoms with Crippen LogP contribution in [0.4, 0.5) is 5.69 Å². The van der Waals surface area contributed by atoms with Crippen LogP contribution in [0, 0.1) is 11.8 Å². The van der Waals surface area contributed by atoms with Crippen LogP contribution in [0.1, 0.15) is 33.1 Å². The molecule has 1 aliphatic rings. The molecule has 0 radical (unpaired) electrons. The van der Waals surface area contributed by atoms with E-state index in [2.05, 4.69) is 64.3 Å². The van der Waals surface area contributed by atoms with Gasteiger partial charge in [-0.1, -0.05) is 32.4 Å². The molecular weight excluding hydrogens is 312 g/mol. The van der Waals surface area contributed by atoms with E-state index in [1.54, 1.807) is 0 Å². The Bertz CT molecular complexity index is 601. The van der Waals surface area contributed by atoms with E-state index in [-0.39, 0.29) is 0 Å². The fraction of sp³-hybridized carbons (Fsp3) is 0.471. The summed E-state index contributed by atoms with van der Waals surface area (Å²) in [6, 6.07) is 9.06. The van der Waals surface area contributed by atoms with Gasteiger partial charge < -0.3 is 5.32 Å². The molecule has 20 heavy (non-hydrogen) atoms. The van der Waals surface area contributed by atoms with E-state index in [4.69, 9.17) is 0 Å². The SMILES string of the molecule is CC1CCCC(C)C1Nc1cccc2cc(Br)cnc12. The third-order valence-electron chi connectivity index (χ3n) is 4.54. The molecule has 1 heterocycles. The number of benzene rings is 1. The Morgan fingerprint density at radius 3 is 2.70 bits per heavy atom. The summed E-state index contributed by atoms with van der Waals surface area (Å²) in [5.41, 5.74) is 2.24. The second-order valence-electron chi connectivity index (χ2n) is 6.09. The first-order valence-corrected chi connectivity index (χ1v) is 8.25. The normalized spacial score (nSPS) is 26.6. The largest absolute Gasteiger partial charge is 0.380 e. The van der Waals surface area contributed by atoms with Crippen molar-refractivity contribution < 1.29 is 0 Å². The topological polar surface area (TPSA) is 24.9 Å². The zero-order chi connectivity index (χ0) is 14.1. The van der Waals surface area contributed by atoms with Crippen LogP contribution in [-0.2, 0) is 0 Å². The summed E-state index contributed by atoms with van der Waals surface area (Å²) < 4.78 is 1.03. The highest BCUT2D eigenvalue weighted by Gasteiger charge is 2.27. The monoisotopic (exact) mass is 332 g/mol. The van der Waals surface area contributed by atoms with Gasteiger partial charge in [-0.3, -0.25) is 4.98 Å². The van der Waals surface area contributed by atoms with E-state index in [1.807, 2.05) is 6.20 Å². The first kappa shape index (κ1) is 13.9. The quantitative estimate of drug-likeness (QED) is 0.813. The molecule has 0 spiro atoms. The van der Waals surface area contributed by atoms with Crippen molar-refractivity contribution in [2.45, 2.75) is 39.2 Å². The molecule has 106 valence electrons. The smallest absolute Gasteiger partial charge is 0.0934 e. The van der Waals surface area contributed by atoms with Crippen molar-refractivity contribution in [3.05, 3.63) is 34.9 Å². The maximum atomic E-state index is 4.59. The van der Waals surface area contributed by atoms with Gasteiger partial charge in [0.05, 0.1) is 11.2 Å². The van der Waals surface area contributed by atoms with Crippen LogP contribution >= 0.6 is 15.9 Å². The number of aromatic nitrogens is 1. The van der Waals surface area contributed by atoms with Gasteiger partial charge in [-0.25, -0.2) is 0 Å². The molecule has 0 aliphatic heterocycles. The number of anilines is 1. The third kappa shape index (κ3) is 2.69. The van der Waals surface area contributed by atoms with Gasteiger partial charge in [0.1, 0.15) is 0 Å². The molecule has 1 aromatic heterocycles. The summed E-state index contributed by atoms with van der Waals surface area (Å²) in [4.78, 5) is 4.59. The molecule has 0 saturated heterocycles. The first-order chi connectivity index (χ1) is 9.65. The third-order valence-corrected chi connectivity index (χ3v) is 4.98. The van der Waals surface area contributed by atoms with Gasteiger partial charge in [0, 0.05) is 22.1 Å². The highest BCUT2D eigenvalue weighted by Crippen LogP contribution is 2.33. The number of rotatable bonds is 2. The van der Waals surface area contributed by atoms with E-state index in [9.17, 15) is 0 Å². The molecule has 1 saturated carbocycles. The molecule has 1 N–H and O–H groups in total. The van der Waals surface area contributed by atoms with Gasteiger partial charge >= 0.3 is 0 Å². The number of hydrogen-bond donors (Lipinski definition) is 1. The van der Waals surface area contributed by atoms with Crippen molar-refractivity contribution in [2.24, 2.45) is 11.8 Å². The van der Waals surface area contributed by atoms with Crippen LogP contribution in [0.25, 0.3) is 10.9 Å². The fourth-order valence-electron chi connectivity index (χ4n) is 3.40. The fourth-order valence-corrected chi connectivity index (χ4v) is 3.75. The van der Waals surface area contributed by atoms with Gasteiger partial charge in [0.2, 0.25) is 0 Å². The van der Waals surface area contributed by atoms with Crippen molar-refractivity contribution in [1.82, 2.24) is 4.98 Å². The molecule has 0 amide bonds. The second-order valence-corrected chi connectivity index (χ2v) is 7.00. The lowest BCUT2D eigenvalue weighted by Crippen LogP contribution is -2.37. The van der Waals surface area contributed by atoms with E-state index in [0.29, 0.717) is 6.04 Å². The van der Waals surface area contributed by atoms with Crippen LogP contribution in [-0.4, -0.2) is 11.0 Å². The Labute approximate surface area is 129 Å². The molecule has 2 aromatic rings. The van der Waals surface area contributed by atoms with E-state index in [0.717, 1.165) is 21.8 Å². The average Bonchev–Trinajstić information content (AvgIpc) is 2.42. The number of para-hydroxylation sites is 1. The Morgan fingerprint density at radius 1 is 1.20 bits per heavy atom. The minimum absolute atomic E-state index is 0.555. The maximum absolute atomic E-state index is 4.59. The van der Waals surface area contributed by atoms with Gasteiger partial charge in [-0.05, 0) is 52.7 Å². The lowest BCUT2D eigenvalue weighted by Gasteiger charge is -2.36. The summed E-state index contributed by atoms with van der Waals surface area (Å²) in [6.07, 6.45) is 5.89. The Hall–Kier alpha value is -1.09. The number of nitrogens with zero attached hydrogens (tertiary/aromatic N) is 1. The number of nitrogens with one attached hydrogen (secondary N) is 1. The summed E-state index contributed by atoms with van der Waals surface area (Å²) >= 11 is 3.49. The highest BCUT2D eigenvalue weighted by atomic mass is 79.9. The summed E-state index contributed by atoms with van der Waals surface area (Å²) in [6.45, 7) is 4.73. The molecule has 3 heteroatoms. The number of hydrogen-bond acceptors (Lipinski definition) is 2. The minimum atomic E-state index is 0.555. The molecule has 2 nitrogen and oxygen atoms in total. The Kier molecular flexibility index (Phi) is 3.97. The molecular formula is C17H21BrN2. The highest BCUT2D eigenvalue weighted by molar-refractivity contribution is 9.10. The van der Waals surface area contributed by atoms with Gasteiger partial charge in [-0.15, -0.1) is 0 Å². The van der Waals surface area contributed by atoms with E-state index < -0.39 is 0 Å². The van der Waals surface area contributed by atoms with E-state index in [1.165, 1.54) is 30.3 Å². The zero-order valence-electron chi connectivity index (χ0n) is 12.1. The number of fused-ring (bicyclic) bond motifs is 1.